The summed E-state index contributed by atoms with van der Waals surface area (Å²) in [6, 6.07) is 19.0. The van der Waals surface area contributed by atoms with Gasteiger partial charge in [0.1, 0.15) is 6.61 Å². The van der Waals surface area contributed by atoms with Crippen LogP contribution in [0.4, 0.5) is 0 Å². The molecule has 0 aromatic heterocycles. The lowest BCUT2D eigenvalue weighted by molar-refractivity contribution is -0.160. The number of hydrogen-bond acceptors (Lipinski definition) is 3. The quantitative estimate of drug-likeness (QED) is 0.599. The lowest BCUT2D eigenvalue weighted by Crippen LogP contribution is -2.26. The average molecular weight is 312 g/mol. The van der Waals surface area contributed by atoms with Crippen molar-refractivity contribution in [3.63, 3.8) is 0 Å². The van der Waals surface area contributed by atoms with Gasteiger partial charge in [0.05, 0.1) is 0 Å². The molecule has 0 aliphatic carbocycles. The number of benzene rings is 2. The Labute approximate surface area is 135 Å². The van der Waals surface area contributed by atoms with Gasteiger partial charge < -0.3 is 9.84 Å². The molecule has 1 N–H and O–H groups in total. The molecule has 0 amide bonds. The van der Waals surface area contributed by atoms with Gasteiger partial charge in [-0.05, 0) is 30.4 Å². The first-order chi connectivity index (χ1) is 11.2. The van der Waals surface area contributed by atoms with Crippen LogP contribution >= 0.6 is 0 Å². The van der Waals surface area contributed by atoms with Crippen LogP contribution in [0, 0.1) is 5.92 Å². The molecular weight excluding hydrogens is 292 g/mol. The minimum absolute atomic E-state index is 0.0993. The van der Waals surface area contributed by atoms with Crippen molar-refractivity contribution in [3.8, 4) is 0 Å². The van der Waals surface area contributed by atoms with Gasteiger partial charge >= 0.3 is 11.9 Å². The van der Waals surface area contributed by atoms with Crippen molar-refractivity contribution >= 4 is 11.9 Å². The average Bonchev–Trinajstić information content (AvgIpc) is 2.58. The Morgan fingerprint density at radius 3 is 2.04 bits per heavy atom. The molecule has 2 aromatic rings. The second-order valence-corrected chi connectivity index (χ2v) is 5.36. The molecule has 1 atom stereocenters. The minimum atomic E-state index is -1.13. The fourth-order valence-electron chi connectivity index (χ4n) is 2.33. The number of carboxylic acid groups (broad SMARTS) is 1. The van der Waals surface area contributed by atoms with Crippen molar-refractivity contribution < 1.29 is 19.4 Å². The monoisotopic (exact) mass is 312 g/mol. The van der Waals surface area contributed by atoms with Crippen LogP contribution in [0.25, 0.3) is 0 Å². The van der Waals surface area contributed by atoms with E-state index < -0.39 is 17.9 Å². The van der Waals surface area contributed by atoms with Gasteiger partial charge in [-0.2, -0.15) is 0 Å². The smallest absolute Gasteiger partial charge is 0.320 e. The summed E-state index contributed by atoms with van der Waals surface area (Å²) in [6.07, 6.45) is 1.65. The fraction of sp³-hybridized carbons (Fsp3) is 0.263. The van der Waals surface area contributed by atoms with Crippen molar-refractivity contribution in [2.45, 2.75) is 25.9 Å². The van der Waals surface area contributed by atoms with Gasteiger partial charge in [-0.15, -0.1) is 0 Å². The van der Waals surface area contributed by atoms with Crippen molar-refractivity contribution in [1.29, 1.82) is 0 Å². The zero-order valence-electron chi connectivity index (χ0n) is 12.9. The first-order valence-electron chi connectivity index (χ1n) is 7.64. The van der Waals surface area contributed by atoms with Crippen LogP contribution in [-0.4, -0.2) is 17.0 Å². The SMILES string of the molecule is O=C(O)C(CCCc1ccccc1)C(=O)OCc1ccccc1. The van der Waals surface area contributed by atoms with E-state index in [4.69, 9.17) is 4.74 Å². The van der Waals surface area contributed by atoms with E-state index in [9.17, 15) is 14.7 Å². The topological polar surface area (TPSA) is 63.6 Å². The Balaban J connectivity index is 1.82. The molecule has 0 radical (unpaired) electrons. The summed E-state index contributed by atoms with van der Waals surface area (Å²) in [5, 5.41) is 9.24. The largest absolute Gasteiger partial charge is 0.481 e. The fourth-order valence-corrected chi connectivity index (χ4v) is 2.33. The Hall–Kier alpha value is -2.62. The lowest BCUT2D eigenvalue weighted by Gasteiger charge is -2.12. The number of hydrogen-bond donors (Lipinski definition) is 1. The summed E-state index contributed by atoms with van der Waals surface area (Å²) >= 11 is 0. The summed E-state index contributed by atoms with van der Waals surface area (Å²) < 4.78 is 5.13. The first kappa shape index (κ1) is 16.7. The van der Waals surface area contributed by atoms with Crippen LogP contribution in [0.5, 0.6) is 0 Å². The van der Waals surface area contributed by atoms with Gasteiger partial charge in [-0.3, -0.25) is 9.59 Å². The molecule has 0 bridgehead atoms. The summed E-state index contributed by atoms with van der Waals surface area (Å²) in [7, 11) is 0. The van der Waals surface area contributed by atoms with Crippen LogP contribution < -0.4 is 0 Å². The third-order valence-electron chi connectivity index (χ3n) is 3.61. The number of carboxylic acids is 1. The Morgan fingerprint density at radius 1 is 0.913 bits per heavy atom. The molecule has 0 aliphatic heterocycles. The molecule has 0 heterocycles. The second kappa shape index (κ2) is 8.73. The number of carbonyl (C=O) groups excluding carboxylic acids is 1. The van der Waals surface area contributed by atoms with Gasteiger partial charge in [0, 0.05) is 0 Å². The van der Waals surface area contributed by atoms with Crippen molar-refractivity contribution in [1.82, 2.24) is 0 Å². The standard InChI is InChI=1S/C19H20O4/c20-18(21)17(13-7-12-15-8-3-1-4-9-15)19(22)23-14-16-10-5-2-6-11-16/h1-6,8-11,17H,7,12-14H2,(H,20,21). The zero-order chi connectivity index (χ0) is 16.5. The van der Waals surface area contributed by atoms with E-state index in [1.165, 1.54) is 0 Å². The normalized spacial score (nSPS) is 11.7. The molecule has 0 fully saturated rings. The molecule has 120 valence electrons. The predicted molar refractivity (Wildman–Crippen MR) is 86.7 cm³/mol. The molecule has 4 heteroatoms. The molecule has 1 unspecified atom stereocenters. The number of aliphatic carboxylic acids is 1. The predicted octanol–water partition coefficient (Wildman–Crippen LogP) is 3.45. The maximum atomic E-state index is 12.0. The number of carbonyl (C=O) groups is 2. The van der Waals surface area contributed by atoms with Crippen LogP contribution in [0.3, 0.4) is 0 Å². The number of esters is 1. The van der Waals surface area contributed by atoms with Crippen LogP contribution in [0.2, 0.25) is 0 Å². The Kier molecular flexibility index (Phi) is 6.36. The molecule has 2 rings (SSSR count). The second-order valence-electron chi connectivity index (χ2n) is 5.36. The molecule has 23 heavy (non-hydrogen) atoms. The number of aryl methyl sites for hydroxylation is 1. The molecular formula is C19H20O4. The van der Waals surface area contributed by atoms with Gasteiger partial charge in [-0.25, -0.2) is 0 Å². The third-order valence-corrected chi connectivity index (χ3v) is 3.61. The molecule has 4 nitrogen and oxygen atoms in total. The molecule has 0 spiro atoms. The van der Waals surface area contributed by atoms with Gasteiger partial charge in [0.25, 0.3) is 0 Å². The number of rotatable bonds is 8. The van der Waals surface area contributed by atoms with Crippen LogP contribution in [-0.2, 0) is 27.4 Å². The maximum absolute atomic E-state index is 12.0. The highest BCUT2D eigenvalue weighted by Gasteiger charge is 2.27. The van der Waals surface area contributed by atoms with Crippen molar-refractivity contribution in [3.05, 3.63) is 71.8 Å². The molecule has 0 aliphatic rings. The molecule has 2 aromatic carbocycles. The molecule has 0 saturated heterocycles. The summed E-state index contributed by atoms with van der Waals surface area (Å²) in [4.78, 5) is 23.3. The van der Waals surface area contributed by atoms with E-state index in [0.29, 0.717) is 6.42 Å². The van der Waals surface area contributed by atoms with Crippen molar-refractivity contribution in [2.75, 3.05) is 0 Å². The maximum Gasteiger partial charge on any atom is 0.320 e. The van der Waals surface area contributed by atoms with Crippen LogP contribution in [0.1, 0.15) is 24.0 Å². The van der Waals surface area contributed by atoms with E-state index >= 15 is 0 Å². The van der Waals surface area contributed by atoms with Crippen molar-refractivity contribution in [2.24, 2.45) is 5.92 Å². The molecule has 0 saturated carbocycles. The van der Waals surface area contributed by atoms with Crippen LogP contribution in [0.15, 0.2) is 60.7 Å². The van der Waals surface area contributed by atoms with Gasteiger partial charge in [0.2, 0.25) is 0 Å². The van der Waals surface area contributed by atoms with E-state index in [2.05, 4.69) is 0 Å². The minimum Gasteiger partial charge on any atom is -0.481 e. The zero-order valence-corrected chi connectivity index (χ0v) is 12.9. The highest BCUT2D eigenvalue weighted by Crippen LogP contribution is 2.14. The lowest BCUT2D eigenvalue weighted by atomic mass is 10.00. The van der Waals surface area contributed by atoms with Gasteiger partial charge in [0.15, 0.2) is 5.92 Å². The van der Waals surface area contributed by atoms with E-state index in [0.717, 1.165) is 17.5 Å². The number of ether oxygens (including phenoxy) is 1. The summed E-state index contributed by atoms with van der Waals surface area (Å²) in [5.74, 6) is -2.91. The Bertz CT molecular complexity index is 622. The Morgan fingerprint density at radius 2 is 1.48 bits per heavy atom. The third kappa shape index (κ3) is 5.58. The van der Waals surface area contributed by atoms with Gasteiger partial charge in [-0.1, -0.05) is 60.7 Å². The van der Waals surface area contributed by atoms with E-state index in [1.54, 1.807) is 0 Å². The summed E-state index contributed by atoms with van der Waals surface area (Å²) in [6.45, 7) is 0.0993. The highest BCUT2D eigenvalue weighted by molar-refractivity contribution is 5.93. The summed E-state index contributed by atoms with van der Waals surface area (Å²) in [5.41, 5.74) is 1.98. The van der Waals surface area contributed by atoms with E-state index in [-0.39, 0.29) is 13.0 Å². The van der Waals surface area contributed by atoms with E-state index in [1.807, 2.05) is 60.7 Å². The first-order valence-corrected chi connectivity index (χ1v) is 7.64. The highest BCUT2D eigenvalue weighted by atomic mass is 16.5.